The summed E-state index contributed by atoms with van der Waals surface area (Å²) in [5.74, 6) is 0.236. The molecule has 1 rings (SSSR count). The number of hydrogen-bond acceptors (Lipinski definition) is 4. The fraction of sp³-hybridized carbons (Fsp3) is 1.00. The molecule has 1 saturated carbocycles. The Balaban J connectivity index is 2.45. The van der Waals surface area contributed by atoms with Gasteiger partial charge in [-0.1, -0.05) is 12.8 Å². The van der Waals surface area contributed by atoms with E-state index >= 15 is 0 Å². The normalized spacial score (nSPS) is 30.0. The second-order valence-corrected chi connectivity index (χ2v) is 8.24. The van der Waals surface area contributed by atoms with Crippen LogP contribution in [0.25, 0.3) is 0 Å². The molecule has 15 heavy (non-hydrogen) atoms. The van der Waals surface area contributed by atoms with Gasteiger partial charge in [-0.15, -0.1) is 0 Å². The largest absolute Gasteiger partial charge is 0.327 e. The van der Waals surface area contributed by atoms with E-state index in [2.05, 4.69) is 0 Å². The molecule has 0 amide bonds. The van der Waals surface area contributed by atoms with Crippen LogP contribution in [0, 0.1) is 0 Å². The van der Waals surface area contributed by atoms with E-state index in [4.69, 9.17) is 5.73 Å². The Morgan fingerprint density at radius 1 is 1.33 bits per heavy atom. The van der Waals surface area contributed by atoms with Gasteiger partial charge in [-0.3, -0.25) is 4.21 Å². The van der Waals surface area contributed by atoms with E-state index in [0.29, 0.717) is 0 Å². The predicted octanol–water partition coefficient (Wildman–Crippen LogP) is 0.0496. The molecule has 0 aromatic rings. The molecule has 0 aliphatic heterocycles. The summed E-state index contributed by atoms with van der Waals surface area (Å²) in [5, 5.41) is 0.000463. The fourth-order valence-corrected chi connectivity index (χ4v) is 4.96. The van der Waals surface area contributed by atoms with Crippen LogP contribution in [0.15, 0.2) is 0 Å². The van der Waals surface area contributed by atoms with Crippen LogP contribution >= 0.6 is 0 Å². The molecule has 0 aromatic heterocycles. The molecule has 0 saturated heterocycles. The van der Waals surface area contributed by atoms with Crippen molar-refractivity contribution in [1.82, 2.24) is 0 Å². The molecule has 6 heteroatoms. The summed E-state index contributed by atoms with van der Waals surface area (Å²) < 4.78 is 33.7. The van der Waals surface area contributed by atoms with Crippen molar-refractivity contribution in [3.8, 4) is 0 Å². The van der Waals surface area contributed by atoms with E-state index in [0.717, 1.165) is 25.7 Å². The summed E-state index contributed by atoms with van der Waals surface area (Å²) in [7, 11) is -4.10. The average Bonchev–Trinajstić information content (AvgIpc) is 2.14. The van der Waals surface area contributed by atoms with Crippen LogP contribution in [0.4, 0.5) is 0 Å². The van der Waals surface area contributed by atoms with Crippen molar-refractivity contribution in [2.45, 2.75) is 37.0 Å². The predicted molar refractivity (Wildman–Crippen MR) is 63.0 cm³/mol. The van der Waals surface area contributed by atoms with Crippen molar-refractivity contribution < 1.29 is 12.6 Å². The molecule has 0 bridgehead atoms. The minimum atomic E-state index is -3.01. The molecule has 0 spiro atoms. The molecule has 2 N–H and O–H groups in total. The summed E-state index contributed by atoms with van der Waals surface area (Å²) in [4.78, 5) is 0. The molecule has 0 heterocycles. The molecule has 1 fully saturated rings. The highest BCUT2D eigenvalue weighted by atomic mass is 32.2. The average molecular weight is 253 g/mol. The van der Waals surface area contributed by atoms with Crippen molar-refractivity contribution in [2.24, 2.45) is 5.73 Å². The molecule has 1 aliphatic rings. The smallest absolute Gasteiger partial charge is 0.148 e. The zero-order chi connectivity index (χ0) is 11.5. The summed E-state index contributed by atoms with van der Waals surface area (Å²) in [5.41, 5.74) is 5.88. The Morgan fingerprint density at radius 2 is 1.93 bits per heavy atom. The van der Waals surface area contributed by atoms with Crippen LogP contribution in [-0.2, 0) is 20.6 Å². The van der Waals surface area contributed by atoms with E-state index in [1.54, 1.807) is 0 Å². The van der Waals surface area contributed by atoms with Crippen LogP contribution in [0.3, 0.4) is 0 Å². The first-order valence-electron chi connectivity index (χ1n) is 5.20. The molecule has 0 aromatic carbocycles. The van der Waals surface area contributed by atoms with Crippen LogP contribution in [0.1, 0.15) is 25.7 Å². The lowest BCUT2D eigenvalue weighted by atomic mass is 9.96. The highest BCUT2D eigenvalue weighted by Crippen LogP contribution is 2.21. The van der Waals surface area contributed by atoms with Gasteiger partial charge in [0, 0.05) is 34.1 Å². The lowest BCUT2D eigenvalue weighted by Crippen LogP contribution is -2.41. The lowest BCUT2D eigenvalue weighted by Gasteiger charge is -2.27. The van der Waals surface area contributed by atoms with Gasteiger partial charge in [0.1, 0.15) is 9.84 Å². The zero-order valence-corrected chi connectivity index (χ0v) is 10.6. The summed E-state index contributed by atoms with van der Waals surface area (Å²) in [6.45, 7) is 0. The Labute approximate surface area is 94.0 Å². The summed E-state index contributed by atoms with van der Waals surface area (Å²) in [6.07, 6.45) is 5.11. The van der Waals surface area contributed by atoms with Crippen LogP contribution in [-0.4, -0.2) is 41.7 Å². The zero-order valence-electron chi connectivity index (χ0n) is 9.02. The molecule has 4 nitrogen and oxygen atoms in total. The monoisotopic (exact) mass is 253 g/mol. The maximum absolute atomic E-state index is 11.8. The quantitative estimate of drug-likeness (QED) is 0.768. The molecule has 3 unspecified atom stereocenters. The van der Waals surface area contributed by atoms with Gasteiger partial charge < -0.3 is 5.73 Å². The lowest BCUT2D eigenvalue weighted by molar-refractivity contribution is 0.445. The Bertz CT molecular complexity index is 326. The van der Waals surface area contributed by atoms with Gasteiger partial charge in [0.25, 0.3) is 0 Å². The standard InChI is InChI=1S/C9H19NO3S2/c1-15(12,13)7-6-14(11)9-5-3-2-4-8(9)10/h8-9H,2-7,10H2,1H3. The molecular weight excluding hydrogens is 234 g/mol. The first-order chi connectivity index (χ1) is 6.90. The minimum absolute atomic E-state index is 0.000463. The van der Waals surface area contributed by atoms with Crippen LogP contribution in [0.2, 0.25) is 0 Å². The molecule has 1 aliphatic carbocycles. The van der Waals surface area contributed by atoms with Crippen molar-refractivity contribution in [3.63, 3.8) is 0 Å². The maximum atomic E-state index is 11.8. The van der Waals surface area contributed by atoms with Gasteiger partial charge in [0.2, 0.25) is 0 Å². The Morgan fingerprint density at radius 3 is 2.47 bits per heavy atom. The molecular formula is C9H19NO3S2. The molecule has 0 radical (unpaired) electrons. The van der Waals surface area contributed by atoms with E-state index in [-0.39, 0.29) is 22.8 Å². The fourth-order valence-electron chi connectivity index (χ4n) is 1.84. The Kier molecular flexibility index (Phi) is 4.73. The van der Waals surface area contributed by atoms with Crippen molar-refractivity contribution in [1.29, 1.82) is 0 Å². The van der Waals surface area contributed by atoms with E-state index in [9.17, 15) is 12.6 Å². The van der Waals surface area contributed by atoms with Gasteiger partial charge in [-0.2, -0.15) is 0 Å². The van der Waals surface area contributed by atoms with Crippen molar-refractivity contribution in [3.05, 3.63) is 0 Å². The van der Waals surface area contributed by atoms with Crippen LogP contribution in [0.5, 0.6) is 0 Å². The maximum Gasteiger partial charge on any atom is 0.148 e. The third-order valence-electron chi connectivity index (χ3n) is 2.75. The summed E-state index contributed by atoms with van der Waals surface area (Å²) >= 11 is 0. The van der Waals surface area contributed by atoms with Gasteiger partial charge >= 0.3 is 0 Å². The van der Waals surface area contributed by atoms with E-state index in [1.807, 2.05) is 0 Å². The Hall–Kier alpha value is 0.0600. The van der Waals surface area contributed by atoms with Gasteiger partial charge in [0.15, 0.2) is 0 Å². The first kappa shape index (κ1) is 13.1. The highest BCUT2D eigenvalue weighted by molar-refractivity contribution is 7.92. The number of nitrogens with two attached hydrogens (primary N) is 1. The third kappa shape index (κ3) is 4.61. The van der Waals surface area contributed by atoms with Gasteiger partial charge in [-0.05, 0) is 12.8 Å². The topological polar surface area (TPSA) is 77.2 Å². The number of sulfone groups is 1. The van der Waals surface area contributed by atoms with E-state index < -0.39 is 20.6 Å². The molecule has 3 atom stereocenters. The number of hydrogen-bond donors (Lipinski definition) is 1. The SMILES string of the molecule is CS(=O)(=O)CCS(=O)C1CCCCC1N. The van der Waals surface area contributed by atoms with Gasteiger partial charge in [-0.25, -0.2) is 8.42 Å². The molecule has 90 valence electrons. The summed E-state index contributed by atoms with van der Waals surface area (Å²) in [6, 6.07) is -0.0147. The second-order valence-electron chi connectivity index (χ2n) is 4.20. The second kappa shape index (κ2) is 5.41. The highest BCUT2D eigenvalue weighted by Gasteiger charge is 2.27. The van der Waals surface area contributed by atoms with Crippen LogP contribution < -0.4 is 5.73 Å². The third-order valence-corrected chi connectivity index (χ3v) is 5.82. The van der Waals surface area contributed by atoms with Gasteiger partial charge in [0.05, 0.1) is 5.75 Å². The van der Waals surface area contributed by atoms with E-state index in [1.165, 1.54) is 6.26 Å². The number of rotatable bonds is 4. The van der Waals surface area contributed by atoms with Crippen molar-refractivity contribution >= 4 is 20.6 Å². The first-order valence-corrected chi connectivity index (χ1v) is 8.65. The van der Waals surface area contributed by atoms with Crippen molar-refractivity contribution in [2.75, 3.05) is 17.8 Å². The minimum Gasteiger partial charge on any atom is -0.327 e.